The molecule has 2 N–H and O–H groups in total. The van der Waals surface area contributed by atoms with Crippen molar-refractivity contribution in [1.82, 2.24) is 4.90 Å². The minimum atomic E-state index is -4.23. The van der Waals surface area contributed by atoms with E-state index in [1.165, 1.54) is 6.92 Å². The molecule has 2 atom stereocenters. The summed E-state index contributed by atoms with van der Waals surface area (Å²) in [6.45, 7) is 2.24. The summed E-state index contributed by atoms with van der Waals surface area (Å²) < 4.78 is 38.6. The Morgan fingerprint density at radius 2 is 1.94 bits per heavy atom. The Balaban J connectivity index is 2.07. The molecule has 2 nitrogen and oxygen atoms in total. The highest BCUT2D eigenvalue weighted by molar-refractivity contribution is 5.15. The smallest absolute Gasteiger partial charge is 0.324 e. The van der Waals surface area contributed by atoms with Crippen LogP contribution in [0.1, 0.15) is 12.5 Å². The average molecular weight is 258 g/mol. The fourth-order valence-corrected chi connectivity index (χ4v) is 2.56. The Kier molecular flexibility index (Phi) is 3.38. The van der Waals surface area contributed by atoms with Gasteiger partial charge in [-0.1, -0.05) is 30.3 Å². The van der Waals surface area contributed by atoms with Crippen LogP contribution in [0.3, 0.4) is 0 Å². The zero-order chi connectivity index (χ0) is 13.4. The molecule has 0 amide bonds. The van der Waals surface area contributed by atoms with E-state index >= 15 is 0 Å². The average Bonchev–Trinajstić information content (AvgIpc) is 2.54. The number of benzene rings is 1. The number of likely N-dealkylation sites (tertiary alicyclic amines) is 1. The zero-order valence-electron chi connectivity index (χ0n) is 10.2. The number of nitrogens with zero attached hydrogens (tertiary/aromatic N) is 1. The molecule has 0 spiro atoms. The van der Waals surface area contributed by atoms with E-state index in [1.54, 1.807) is 4.90 Å². The molecule has 100 valence electrons. The van der Waals surface area contributed by atoms with Crippen molar-refractivity contribution in [2.45, 2.75) is 25.2 Å². The van der Waals surface area contributed by atoms with Crippen molar-refractivity contribution in [3.63, 3.8) is 0 Å². The number of nitrogens with two attached hydrogens (primary N) is 1. The second-order valence-electron chi connectivity index (χ2n) is 5.26. The molecule has 1 aromatic carbocycles. The quantitative estimate of drug-likeness (QED) is 0.882. The molecule has 1 fully saturated rings. The van der Waals surface area contributed by atoms with E-state index in [0.717, 1.165) is 5.56 Å². The van der Waals surface area contributed by atoms with Crippen LogP contribution < -0.4 is 5.73 Å². The molecule has 0 unspecified atom stereocenters. The lowest BCUT2D eigenvalue weighted by Crippen LogP contribution is -2.50. The first-order valence-electron chi connectivity index (χ1n) is 5.91. The number of hydrogen-bond donors (Lipinski definition) is 1. The van der Waals surface area contributed by atoms with Crippen LogP contribution in [0.4, 0.5) is 13.2 Å². The maximum absolute atomic E-state index is 12.9. The lowest BCUT2D eigenvalue weighted by molar-refractivity contribution is -0.181. The monoisotopic (exact) mass is 258 g/mol. The number of halogens is 3. The molecule has 18 heavy (non-hydrogen) atoms. The van der Waals surface area contributed by atoms with Crippen LogP contribution >= 0.6 is 0 Å². The predicted molar refractivity (Wildman–Crippen MR) is 63.9 cm³/mol. The van der Waals surface area contributed by atoms with Crippen LogP contribution in [-0.2, 0) is 6.54 Å². The molecule has 1 aliphatic rings. The molecule has 0 bridgehead atoms. The third kappa shape index (κ3) is 2.84. The highest BCUT2D eigenvalue weighted by Crippen LogP contribution is 2.38. The van der Waals surface area contributed by atoms with Crippen LogP contribution in [0.25, 0.3) is 0 Å². The van der Waals surface area contributed by atoms with Gasteiger partial charge in [-0.3, -0.25) is 4.90 Å². The SMILES string of the molecule is C[C@]1(N)CN(Cc2ccccc2)C[C@@H]1C(F)(F)F. The van der Waals surface area contributed by atoms with Crippen molar-refractivity contribution in [1.29, 1.82) is 0 Å². The molecular formula is C13H17F3N2. The van der Waals surface area contributed by atoms with Crippen molar-refractivity contribution in [3.8, 4) is 0 Å². The normalized spacial score (nSPS) is 29.7. The van der Waals surface area contributed by atoms with E-state index in [-0.39, 0.29) is 13.1 Å². The van der Waals surface area contributed by atoms with E-state index in [2.05, 4.69) is 0 Å². The first kappa shape index (κ1) is 13.4. The van der Waals surface area contributed by atoms with E-state index in [4.69, 9.17) is 5.73 Å². The summed E-state index contributed by atoms with van der Waals surface area (Å²) in [5, 5.41) is 0. The molecule has 5 heteroatoms. The van der Waals surface area contributed by atoms with Gasteiger partial charge in [0.1, 0.15) is 0 Å². The lowest BCUT2D eigenvalue weighted by Gasteiger charge is -2.27. The van der Waals surface area contributed by atoms with Gasteiger partial charge in [-0.2, -0.15) is 13.2 Å². The highest BCUT2D eigenvalue weighted by atomic mass is 19.4. The zero-order valence-corrected chi connectivity index (χ0v) is 10.2. The largest absolute Gasteiger partial charge is 0.394 e. The minimum Gasteiger partial charge on any atom is -0.324 e. The molecule has 1 saturated heterocycles. The molecule has 1 aromatic rings. The van der Waals surface area contributed by atoms with Gasteiger partial charge >= 0.3 is 6.18 Å². The third-order valence-corrected chi connectivity index (χ3v) is 3.45. The Bertz CT molecular complexity index is 400. The first-order chi connectivity index (χ1) is 8.29. The third-order valence-electron chi connectivity index (χ3n) is 3.45. The number of hydrogen-bond acceptors (Lipinski definition) is 2. The summed E-state index contributed by atoms with van der Waals surface area (Å²) in [6, 6.07) is 9.48. The van der Waals surface area contributed by atoms with Crippen LogP contribution in [0.15, 0.2) is 30.3 Å². The van der Waals surface area contributed by atoms with Gasteiger partial charge in [0.2, 0.25) is 0 Å². The molecule has 0 aliphatic carbocycles. The van der Waals surface area contributed by atoms with Crippen LogP contribution in [0.5, 0.6) is 0 Å². The summed E-state index contributed by atoms with van der Waals surface area (Å²) in [6.07, 6.45) is -4.23. The lowest BCUT2D eigenvalue weighted by atomic mass is 9.90. The minimum absolute atomic E-state index is 0.0224. The van der Waals surface area contributed by atoms with Crippen LogP contribution in [0.2, 0.25) is 0 Å². The van der Waals surface area contributed by atoms with E-state index in [1.807, 2.05) is 30.3 Å². The van der Waals surface area contributed by atoms with Crippen molar-refractivity contribution in [2.24, 2.45) is 11.7 Å². The Morgan fingerprint density at radius 3 is 2.44 bits per heavy atom. The predicted octanol–water partition coefficient (Wildman–Crippen LogP) is 2.40. The Morgan fingerprint density at radius 1 is 1.33 bits per heavy atom. The fourth-order valence-electron chi connectivity index (χ4n) is 2.56. The van der Waals surface area contributed by atoms with Crippen LogP contribution in [-0.4, -0.2) is 29.7 Å². The van der Waals surface area contributed by atoms with E-state index in [9.17, 15) is 13.2 Å². The maximum Gasteiger partial charge on any atom is 0.394 e. The number of rotatable bonds is 2. The molecule has 0 radical (unpaired) electrons. The van der Waals surface area contributed by atoms with Gasteiger partial charge in [0.25, 0.3) is 0 Å². The van der Waals surface area contributed by atoms with Gasteiger partial charge in [0, 0.05) is 25.2 Å². The summed E-state index contributed by atoms with van der Waals surface area (Å²) in [5.41, 5.74) is 5.60. The van der Waals surface area contributed by atoms with Crippen molar-refractivity contribution < 1.29 is 13.2 Å². The second-order valence-corrected chi connectivity index (χ2v) is 5.26. The number of alkyl halides is 3. The Labute approximate surface area is 105 Å². The van der Waals surface area contributed by atoms with Crippen molar-refractivity contribution >= 4 is 0 Å². The van der Waals surface area contributed by atoms with Crippen molar-refractivity contribution in [2.75, 3.05) is 13.1 Å². The summed E-state index contributed by atoms with van der Waals surface area (Å²) in [4.78, 5) is 1.77. The topological polar surface area (TPSA) is 29.3 Å². The molecule has 2 rings (SSSR count). The molecular weight excluding hydrogens is 241 g/mol. The molecule has 1 heterocycles. The fraction of sp³-hybridized carbons (Fsp3) is 0.538. The van der Waals surface area contributed by atoms with Gasteiger partial charge in [0.05, 0.1) is 5.92 Å². The summed E-state index contributed by atoms with van der Waals surface area (Å²) >= 11 is 0. The van der Waals surface area contributed by atoms with Gasteiger partial charge in [-0.15, -0.1) is 0 Å². The molecule has 1 aliphatic heterocycles. The Hall–Kier alpha value is -1.07. The molecule has 0 aromatic heterocycles. The first-order valence-corrected chi connectivity index (χ1v) is 5.91. The summed E-state index contributed by atoms with van der Waals surface area (Å²) in [5.74, 6) is -1.45. The van der Waals surface area contributed by atoms with Crippen LogP contribution in [0, 0.1) is 5.92 Å². The van der Waals surface area contributed by atoms with Gasteiger partial charge < -0.3 is 5.73 Å². The van der Waals surface area contributed by atoms with Gasteiger partial charge in [-0.25, -0.2) is 0 Å². The molecule has 0 saturated carbocycles. The standard InChI is InChI=1S/C13H17F3N2/c1-12(17)9-18(8-11(12)13(14,15)16)7-10-5-3-2-4-6-10/h2-6,11H,7-9,17H2,1H3/t11-,12-/m0/s1. The van der Waals surface area contributed by atoms with Gasteiger partial charge in [0.15, 0.2) is 0 Å². The second kappa shape index (κ2) is 4.55. The summed E-state index contributed by atoms with van der Waals surface area (Å²) in [7, 11) is 0. The van der Waals surface area contributed by atoms with E-state index < -0.39 is 17.6 Å². The highest BCUT2D eigenvalue weighted by Gasteiger charge is 2.54. The van der Waals surface area contributed by atoms with Gasteiger partial charge in [-0.05, 0) is 12.5 Å². The maximum atomic E-state index is 12.9. The van der Waals surface area contributed by atoms with E-state index in [0.29, 0.717) is 6.54 Å². The van der Waals surface area contributed by atoms with Crippen molar-refractivity contribution in [3.05, 3.63) is 35.9 Å².